The van der Waals surface area contributed by atoms with Crippen molar-refractivity contribution >= 4 is 11.9 Å². The van der Waals surface area contributed by atoms with Crippen molar-refractivity contribution in [2.45, 2.75) is 45.3 Å². The summed E-state index contributed by atoms with van der Waals surface area (Å²) in [5, 5.41) is 6.81. The normalized spacial score (nSPS) is 25.1. The highest BCUT2D eigenvalue weighted by Crippen LogP contribution is 2.17. The molecular weight excluding hydrogens is 390 g/mol. The number of guanidine groups is 1. The molecule has 3 atom stereocenters. The van der Waals surface area contributed by atoms with Crippen molar-refractivity contribution in [2.24, 2.45) is 10.9 Å². The Kier molecular flexibility index (Phi) is 9.15. The first-order valence-corrected chi connectivity index (χ1v) is 11.7. The minimum atomic E-state index is 0.264. The largest absolute Gasteiger partial charge is 0.373 e. The van der Waals surface area contributed by atoms with Crippen LogP contribution in [-0.2, 0) is 16.0 Å². The molecule has 0 saturated carbocycles. The third kappa shape index (κ3) is 7.82. The number of nitrogens with one attached hydrogen (secondary N) is 2. The van der Waals surface area contributed by atoms with Gasteiger partial charge < -0.3 is 20.3 Å². The Bertz CT molecular complexity index is 701. The fourth-order valence-corrected chi connectivity index (χ4v) is 4.55. The molecule has 1 amide bonds. The minimum absolute atomic E-state index is 0.264. The monoisotopic (exact) mass is 429 g/mol. The number of morpholine rings is 1. The van der Waals surface area contributed by atoms with E-state index in [0.29, 0.717) is 24.5 Å². The molecule has 2 aliphatic heterocycles. The molecule has 0 spiro atoms. The molecule has 0 bridgehead atoms. The number of ether oxygens (including phenoxy) is 1. The van der Waals surface area contributed by atoms with Crippen LogP contribution < -0.4 is 10.6 Å². The Balaban J connectivity index is 1.31. The van der Waals surface area contributed by atoms with E-state index >= 15 is 0 Å². The molecule has 1 aromatic carbocycles. The van der Waals surface area contributed by atoms with E-state index < -0.39 is 0 Å². The SMILES string of the molecule is CN=C(NCCCN1CC(C)OC(C)C1)NCC1CC(=O)N(CCc2ccccc2)C1. The maximum Gasteiger partial charge on any atom is 0.223 e. The molecule has 172 valence electrons. The molecule has 0 radical (unpaired) electrons. The average Bonchev–Trinajstić information content (AvgIpc) is 3.11. The average molecular weight is 430 g/mol. The van der Waals surface area contributed by atoms with E-state index in [9.17, 15) is 4.79 Å². The molecular formula is C24H39N5O2. The number of likely N-dealkylation sites (tertiary alicyclic amines) is 1. The van der Waals surface area contributed by atoms with Gasteiger partial charge in [0.15, 0.2) is 5.96 Å². The van der Waals surface area contributed by atoms with Crippen molar-refractivity contribution in [3.8, 4) is 0 Å². The number of aliphatic imine (C=N–C) groups is 1. The van der Waals surface area contributed by atoms with Crippen molar-refractivity contribution in [3.05, 3.63) is 35.9 Å². The predicted molar refractivity (Wildman–Crippen MR) is 125 cm³/mol. The number of hydrogen-bond donors (Lipinski definition) is 2. The Labute approximate surface area is 187 Å². The second-order valence-corrected chi connectivity index (χ2v) is 8.90. The van der Waals surface area contributed by atoms with Gasteiger partial charge in [-0.2, -0.15) is 0 Å². The van der Waals surface area contributed by atoms with Gasteiger partial charge in [0.2, 0.25) is 5.91 Å². The van der Waals surface area contributed by atoms with Crippen LogP contribution in [0.25, 0.3) is 0 Å². The van der Waals surface area contributed by atoms with Gasteiger partial charge in [0.25, 0.3) is 0 Å². The summed E-state index contributed by atoms with van der Waals surface area (Å²) < 4.78 is 5.80. The number of rotatable bonds is 9. The zero-order valence-electron chi connectivity index (χ0n) is 19.3. The first-order chi connectivity index (χ1) is 15.0. The first kappa shape index (κ1) is 23.5. The summed E-state index contributed by atoms with van der Waals surface area (Å²) in [5.41, 5.74) is 1.28. The number of carbonyl (C=O) groups is 1. The molecule has 2 aliphatic rings. The smallest absolute Gasteiger partial charge is 0.223 e. The van der Waals surface area contributed by atoms with Gasteiger partial charge in [-0.25, -0.2) is 0 Å². The van der Waals surface area contributed by atoms with Gasteiger partial charge in [0, 0.05) is 65.2 Å². The van der Waals surface area contributed by atoms with Crippen LogP contribution in [-0.4, -0.2) is 86.7 Å². The number of hydrogen-bond acceptors (Lipinski definition) is 4. The Hall–Kier alpha value is -2.12. The summed E-state index contributed by atoms with van der Waals surface area (Å²) in [4.78, 5) is 21.2. The summed E-state index contributed by atoms with van der Waals surface area (Å²) in [6, 6.07) is 10.4. The number of benzene rings is 1. The Morgan fingerprint density at radius 2 is 1.84 bits per heavy atom. The lowest BCUT2D eigenvalue weighted by molar-refractivity contribution is -0.127. The van der Waals surface area contributed by atoms with E-state index in [1.807, 2.05) is 11.0 Å². The van der Waals surface area contributed by atoms with Gasteiger partial charge >= 0.3 is 0 Å². The summed E-state index contributed by atoms with van der Waals surface area (Å²) >= 11 is 0. The van der Waals surface area contributed by atoms with E-state index in [1.165, 1.54) is 5.56 Å². The summed E-state index contributed by atoms with van der Waals surface area (Å²) in [6.45, 7) is 10.6. The van der Waals surface area contributed by atoms with Crippen LogP contribution in [0.4, 0.5) is 0 Å². The Morgan fingerprint density at radius 3 is 2.55 bits per heavy atom. The standard InChI is InChI=1S/C24H39N5O2/c1-19-16-28(17-20(2)31-19)12-7-11-26-24(25-3)27-15-22-14-23(30)29(18-22)13-10-21-8-5-4-6-9-21/h4-6,8-9,19-20,22H,7,10-18H2,1-3H3,(H2,25,26,27). The molecule has 7 heteroatoms. The molecule has 2 N–H and O–H groups in total. The number of nitrogens with zero attached hydrogens (tertiary/aromatic N) is 3. The van der Waals surface area contributed by atoms with Crippen molar-refractivity contribution in [3.63, 3.8) is 0 Å². The summed E-state index contributed by atoms with van der Waals surface area (Å²) in [6.07, 6.45) is 3.22. The van der Waals surface area contributed by atoms with Crippen molar-refractivity contribution in [1.29, 1.82) is 0 Å². The Morgan fingerprint density at radius 1 is 1.10 bits per heavy atom. The third-order valence-electron chi connectivity index (χ3n) is 6.03. The van der Waals surface area contributed by atoms with Crippen LogP contribution in [0.2, 0.25) is 0 Å². The molecule has 3 unspecified atom stereocenters. The lowest BCUT2D eigenvalue weighted by Crippen LogP contribution is -2.46. The lowest BCUT2D eigenvalue weighted by atomic mass is 10.1. The van der Waals surface area contributed by atoms with Crippen LogP contribution in [0.15, 0.2) is 35.3 Å². The molecule has 0 aromatic heterocycles. The van der Waals surface area contributed by atoms with Gasteiger partial charge in [-0.05, 0) is 32.3 Å². The highest BCUT2D eigenvalue weighted by atomic mass is 16.5. The fourth-order valence-electron chi connectivity index (χ4n) is 4.55. The maximum absolute atomic E-state index is 12.4. The third-order valence-corrected chi connectivity index (χ3v) is 6.03. The second kappa shape index (κ2) is 12.1. The molecule has 2 saturated heterocycles. The number of carbonyl (C=O) groups excluding carboxylic acids is 1. The van der Waals surface area contributed by atoms with Gasteiger partial charge in [0.05, 0.1) is 12.2 Å². The van der Waals surface area contributed by atoms with Crippen molar-refractivity contribution in [2.75, 3.05) is 52.9 Å². The van der Waals surface area contributed by atoms with Crippen LogP contribution in [0, 0.1) is 5.92 Å². The van der Waals surface area contributed by atoms with E-state index in [2.05, 4.69) is 58.6 Å². The molecule has 7 nitrogen and oxygen atoms in total. The van der Waals surface area contributed by atoms with E-state index in [1.54, 1.807) is 7.05 Å². The highest BCUT2D eigenvalue weighted by molar-refractivity contribution is 5.80. The van der Waals surface area contributed by atoms with Gasteiger partial charge in [-0.15, -0.1) is 0 Å². The minimum Gasteiger partial charge on any atom is -0.373 e. The number of amides is 1. The summed E-state index contributed by atoms with van der Waals surface area (Å²) in [7, 11) is 1.80. The van der Waals surface area contributed by atoms with Crippen molar-refractivity contribution < 1.29 is 9.53 Å². The van der Waals surface area contributed by atoms with Gasteiger partial charge in [-0.3, -0.25) is 14.7 Å². The van der Waals surface area contributed by atoms with E-state index in [0.717, 1.165) is 64.6 Å². The van der Waals surface area contributed by atoms with Crippen LogP contribution >= 0.6 is 0 Å². The quantitative estimate of drug-likeness (QED) is 0.356. The zero-order chi connectivity index (χ0) is 22.1. The molecule has 3 rings (SSSR count). The van der Waals surface area contributed by atoms with Crippen LogP contribution in [0.3, 0.4) is 0 Å². The topological polar surface area (TPSA) is 69.2 Å². The molecule has 0 aliphatic carbocycles. The van der Waals surface area contributed by atoms with E-state index in [-0.39, 0.29) is 5.91 Å². The predicted octanol–water partition coefficient (Wildman–Crippen LogP) is 1.74. The lowest BCUT2D eigenvalue weighted by Gasteiger charge is -2.35. The second-order valence-electron chi connectivity index (χ2n) is 8.90. The summed E-state index contributed by atoms with van der Waals surface area (Å²) in [5.74, 6) is 1.41. The fraction of sp³-hybridized carbons (Fsp3) is 0.667. The molecule has 2 fully saturated rings. The molecule has 1 aromatic rings. The molecule has 2 heterocycles. The van der Waals surface area contributed by atoms with Crippen LogP contribution in [0.5, 0.6) is 0 Å². The van der Waals surface area contributed by atoms with Crippen molar-refractivity contribution in [1.82, 2.24) is 20.4 Å². The molecule has 31 heavy (non-hydrogen) atoms. The maximum atomic E-state index is 12.4. The zero-order valence-corrected chi connectivity index (χ0v) is 19.3. The first-order valence-electron chi connectivity index (χ1n) is 11.7. The van der Waals surface area contributed by atoms with E-state index in [4.69, 9.17) is 4.74 Å². The highest BCUT2D eigenvalue weighted by Gasteiger charge is 2.29. The van der Waals surface area contributed by atoms with Crippen LogP contribution in [0.1, 0.15) is 32.3 Å². The van der Waals surface area contributed by atoms with Gasteiger partial charge in [-0.1, -0.05) is 30.3 Å². The van der Waals surface area contributed by atoms with Gasteiger partial charge in [0.1, 0.15) is 0 Å².